The highest BCUT2D eigenvalue weighted by atomic mass is 19.4. The second kappa shape index (κ2) is 4.00. The number of fused-ring (bicyclic) bond motifs is 1. The molecule has 0 radical (unpaired) electrons. The van der Waals surface area contributed by atoms with Crippen LogP contribution in [0.2, 0.25) is 0 Å². The molecule has 2 rings (SSSR count). The van der Waals surface area contributed by atoms with E-state index in [0.29, 0.717) is 0 Å². The van der Waals surface area contributed by atoms with Crippen molar-refractivity contribution in [2.45, 2.75) is 38.3 Å². The summed E-state index contributed by atoms with van der Waals surface area (Å²) < 4.78 is 37.9. The van der Waals surface area contributed by atoms with E-state index in [4.69, 9.17) is 5.73 Å². The smallest absolute Gasteiger partial charge is 0.398 e. The van der Waals surface area contributed by atoms with Crippen LogP contribution < -0.4 is 5.73 Å². The molecule has 0 bridgehead atoms. The number of nitrogen functional groups attached to an aromatic ring is 1. The molecule has 2 N–H and O–H groups in total. The van der Waals surface area contributed by atoms with Gasteiger partial charge in [0, 0.05) is 5.69 Å². The summed E-state index contributed by atoms with van der Waals surface area (Å²) in [7, 11) is 0. The van der Waals surface area contributed by atoms with Gasteiger partial charge in [-0.1, -0.05) is 6.42 Å². The Labute approximate surface area is 92.5 Å². The first kappa shape index (κ1) is 11.3. The van der Waals surface area contributed by atoms with Crippen molar-refractivity contribution in [3.63, 3.8) is 0 Å². The van der Waals surface area contributed by atoms with Crippen LogP contribution in [0.25, 0.3) is 0 Å². The summed E-state index contributed by atoms with van der Waals surface area (Å²) >= 11 is 0. The lowest BCUT2D eigenvalue weighted by Crippen LogP contribution is -2.10. The second-order valence-electron chi connectivity index (χ2n) is 4.27. The van der Waals surface area contributed by atoms with Gasteiger partial charge >= 0.3 is 6.18 Å². The third-order valence-electron chi connectivity index (χ3n) is 3.07. The number of nitrogens with two attached hydrogens (primary N) is 1. The number of anilines is 1. The Morgan fingerprint density at radius 3 is 2.06 bits per heavy atom. The van der Waals surface area contributed by atoms with Crippen molar-refractivity contribution in [1.29, 1.82) is 0 Å². The number of aryl methyl sites for hydroxylation is 2. The fraction of sp³-hybridized carbons (Fsp3) is 0.500. The molecule has 1 aromatic rings. The topological polar surface area (TPSA) is 26.0 Å². The van der Waals surface area contributed by atoms with E-state index in [0.717, 1.165) is 43.2 Å². The zero-order valence-corrected chi connectivity index (χ0v) is 8.90. The lowest BCUT2D eigenvalue weighted by molar-refractivity contribution is -0.136. The summed E-state index contributed by atoms with van der Waals surface area (Å²) in [6.07, 6.45) is 0.323. The van der Waals surface area contributed by atoms with E-state index in [1.54, 1.807) is 0 Å². The summed E-state index contributed by atoms with van der Waals surface area (Å²) in [5.74, 6) is 0. The van der Waals surface area contributed by atoms with E-state index in [9.17, 15) is 13.2 Å². The van der Waals surface area contributed by atoms with Crippen molar-refractivity contribution in [2.24, 2.45) is 0 Å². The van der Waals surface area contributed by atoms with Crippen molar-refractivity contribution in [2.75, 3.05) is 5.73 Å². The normalized spacial score (nSPS) is 16.7. The quantitative estimate of drug-likeness (QED) is 0.534. The Kier molecular flexibility index (Phi) is 2.82. The Bertz CT molecular complexity index is 396. The van der Waals surface area contributed by atoms with Gasteiger partial charge in [-0.3, -0.25) is 0 Å². The van der Waals surface area contributed by atoms with Gasteiger partial charge in [-0.2, -0.15) is 13.2 Å². The average molecular weight is 229 g/mol. The summed E-state index contributed by atoms with van der Waals surface area (Å²) in [6.45, 7) is 0. The van der Waals surface area contributed by atoms with Crippen LogP contribution in [0.15, 0.2) is 12.1 Å². The van der Waals surface area contributed by atoms with Crippen molar-refractivity contribution in [3.8, 4) is 0 Å². The molecule has 1 nitrogen and oxygen atoms in total. The minimum atomic E-state index is -4.34. The molecule has 1 aliphatic carbocycles. The highest BCUT2D eigenvalue weighted by Gasteiger charge is 2.33. The Morgan fingerprint density at radius 1 is 0.938 bits per heavy atom. The molecule has 0 amide bonds. The molecular weight excluding hydrogens is 215 g/mol. The Morgan fingerprint density at radius 2 is 1.50 bits per heavy atom. The summed E-state index contributed by atoms with van der Waals surface area (Å²) in [5, 5.41) is 0. The van der Waals surface area contributed by atoms with Crippen LogP contribution in [-0.4, -0.2) is 0 Å². The number of hydrogen-bond donors (Lipinski definition) is 1. The molecule has 16 heavy (non-hydrogen) atoms. The SMILES string of the molecule is Nc1cc2c(cc1C(F)(F)F)CCCCC2. The van der Waals surface area contributed by atoms with E-state index in [2.05, 4.69) is 0 Å². The fourth-order valence-corrected chi connectivity index (χ4v) is 2.23. The van der Waals surface area contributed by atoms with E-state index in [1.807, 2.05) is 0 Å². The first-order chi connectivity index (χ1) is 7.48. The van der Waals surface area contributed by atoms with E-state index >= 15 is 0 Å². The van der Waals surface area contributed by atoms with Gasteiger partial charge in [0.1, 0.15) is 0 Å². The third kappa shape index (κ3) is 2.15. The molecule has 1 aliphatic rings. The number of alkyl halides is 3. The summed E-state index contributed by atoms with van der Waals surface area (Å²) in [6, 6.07) is 2.74. The van der Waals surface area contributed by atoms with Gasteiger partial charge in [0.2, 0.25) is 0 Å². The third-order valence-corrected chi connectivity index (χ3v) is 3.07. The molecule has 4 heteroatoms. The fourth-order valence-electron chi connectivity index (χ4n) is 2.23. The highest BCUT2D eigenvalue weighted by molar-refractivity contribution is 5.54. The largest absolute Gasteiger partial charge is 0.418 e. The molecule has 0 saturated heterocycles. The second-order valence-corrected chi connectivity index (χ2v) is 4.27. The molecule has 88 valence electrons. The van der Waals surface area contributed by atoms with E-state index in [1.165, 1.54) is 12.1 Å². The summed E-state index contributed by atoms with van der Waals surface area (Å²) in [4.78, 5) is 0. The summed E-state index contributed by atoms with van der Waals surface area (Å²) in [5.41, 5.74) is 6.44. The number of hydrogen-bond acceptors (Lipinski definition) is 1. The highest BCUT2D eigenvalue weighted by Crippen LogP contribution is 2.36. The van der Waals surface area contributed by atoms with Crippen molar-refractivity contribution in [1.82, 2.24) is 0 Å². The number of rotatable bonds is 0. The molecule has 0 spiro atoms. The van der Waals surface area contributed by atoms with Gasteiger partial charge in [-0.25, -0.2) is 0 Å². The molecule has 0 atom stereocenters. The van der Waals surface area contributed by atoms with Crippen LogP contribution in [0.1, 0.15) is 36.0 Å². The van der Waals surface area contributed by atoms with Gasteiger partial charge in [0.15, 0.2) is 0 Å². The predicted molar refractivity (Wildman–Crippen MR) is 57.1 cm³/mol. The van der Waals surface area contributed by atoms with Crippen LogP contribution in [-0.2, 0) is 19.0 Å². The minimum absolute atomic E-state index is 0.145. The van der Waals surface area contributed by atoms with Crippen LogP contribution in [0.5, 0.6) is 0 Å². The van der Waals surface area contributed by atoms with Crippen LogP contribution in [0.4, 0.5) is 18.9 Å². The van der Waals surface area contributed by atoms with Crippen LogP contribution in [0.3, 0.4) is 0 Å². The molecule has 0 aromatic heterocycles. The van der Waals surface area contributed by atoms with Gasteiger partial charge in [0.25, 0.3) is 0 Å². The maximum absolute atomic E-state index is 12.6. The van der Waals surface area contributed by atoms with Crippen LogP contribution >= 0.6 is 0 Å². The monoisotopic (exact) mass is 229 g/mol. The molecule has 0 aliphatic heterocycles. The van der Waals surface area contributed by atoms with Crippen LogP contribution in [0, 0.1) is 0 Å². The zero-order valence-electron chi connectivity index (χ0n) is 8.90. The maximum atomic E-state index is 12.6. The lowest BCUT2D eigenvalue weighted by Gasteiger charge is -2.14. The molecule has 0 unspecified atom stereocenters. The minimum Gasteiger partial charge on any atom is -0.398 e. The predicted octanol–water partition coefficient (Wildman–Crippen LogP) is 3.56. The number of halogens is 3. The van der Waals surface area contributed by atoms with Gasteiger partial charge in [-0.05, 0) is 48.9 Å². The van der Waals surface area contributed by atoms with Gasteiger partial charge in [-0.15, -0.1) is 0 Å². The van der Waals surface area contributed by atoms with E-state index in [-0.39, 0.29) is 5.69 Å². The Balaban J connectivity index is 2.47. The average Bonchev–Trinajstić information content (AvgIpc) is 2.39. The van der Waals surface area contributed by atoms with Gasteiger partial charge < -0.3 is 5.73 Å². The first-order valence-corrected chi connectivity index (χ1v) is 5.47. The van der Waals surface area contributed by atoms with Gasteiger partial charge in [0.05, 0.1) is 5.56 Å². The number of benzene rings is 1. The maximum Gasteiger partial charge on any atom is 0.418 e. The molecule has 0 heterocycles. The zero-order chi connectivity index (χ0) is 11.8. The molecule has 1 aromatic carbocycles. The standard InChI is InChI=1S/C12H14F3N/c13-12(14,15)10-6-8-4-2-1-3-5-9(8)7-11(10)16/h6-7H,1-5,16H2. The Hall–Kier alpha value is -1.19. The molecule has 0 saturated carbocycles. The lowest BCUT2D eigenvalue weighted by atomic mass is 9.98. The first-order valence-electron chi connectivity index (χ1n) is 5.47. The van der Waals surface area contributed by atoms with E-state index < -0.39 is 11.7 Å². The van der Waals surface area contributed by atoms with Crippen molar-refractivity contribution in [3.05, 3.63) is 28.8 Å². The van der Waals surface area contributed by atoms with Crippen molar-refractivity contribution >= 4 is 5.69 Å². The molecule has 0 fully saturated rings. The molecular formula is C12H14F3N. The van der Waals surface area contributed by atoms with Crippen molar-refractivity contribution < 1.29 is 13.2 Å².